The predicted molar refractivity (Wildman–Crippen MR) is 71.9 cm³/mol. The van der Waals surface area contributed by atoms with E-state index < -0.39 is 0 Å². The van der Waals surface area contributed by atoms with Crippen LogP contribution in [0.4, 0.5) is 0 Å². The van der Waals surface area contributed by atoms with Gasteiger partial charge in [-0.25, -0.2) is 0 Å². The molecule has 94 valence electrons. The molecule has 0 heterocycles. The number of methoxy groups -OCH3 is 1. The first-order chi connectivity index (χ1) is 8.13. The van der Waals surface area contributed by atoms with Crippen molar-refractivity contribution >= 4 is 21.8 Å². The highest BCUT2D eigenvalue weighted by Crippen LogP contribution is 2.12. The van der Waals surface area contributed by atoms with Crippen LogP contribution >= 0.6 is 15.9 Å². The molecule has 1 aromatic rings. The lowest BCUT2D eigenvalue weighted by atomic mass is 10.1. The Morgan fingerprint density at radius 1 is 1.53 bits per heavy atom. The summed E-state index contributed by atoms with van der Waals surface area (Å²) in [5, 5.41) is 2.84. The Morgan fingerprint density at radius 3 is 2.94 bits per heavy atom. The molecular weight excluding hydrogens is 282 g/mol. The Morgan fingerprint density at radius 2 is 2.29 bits per heavy atom. The van der Waals surface area contributed by atoms with Crippen molar-refractivity contribution in [2.75, 3.05) is 13.7 Å². The highest BCUT2D eigenvalue weighted by Gasteiger charge is 2.09. The molecule has 1 N–H and O–H groups in total. The van der Waals surface area contributed by atoms with Crippen LogP contribution in [0.5, 0.6) is 0 Å². The maximum Gasteiger partial charge on any atom is 0.248 e. The Balaban J connectivity index is 2.22. The second-order valence-corrected chi connectivity index (χ2v) is 4.82. The van der Waals surface area contributed by atoms with Crippen LogP contribution in [0.15, 0.2) is 28.7 Å². The highest BCUT2D eigenvalue weighted by molar-refractivity contribution is 9.10. The number of nitrogens with one attached hydrogen (secondary N) is 1. The average Bonchev–Trinajstić information content (AvgIpc) is 2.33. The lowest BCUT2D eigenvalue weighted by Gasteiger charge is -2.10. The zero-order valence-electron chi connectivity index (χ0n) is 10.2. The van der Waals surface area contributed by atoms with Crippen LogP contribution in [0.1, 0.15) is 18.9 Å². The van der Waals surface area contributed by atoms with E-state index in [0.717, 1.165) is 17.3 Å². The van der Waals surface area contributed by atoms with Crippen LogP contribution < -0.4 is 5.32 Å². The molecule has 0 saturated carbocycles. The van der Waals surface area contributed by atoms with E-state index in [2.05, 4.69) is 33.4 Å². The van der Waals surface area contributed by atoms with E-state index in [1.54, 1.807) is 6.92 Å². The summed E-state index contributed by atoms with van der Waals surface area (Å²) in [5.74, 6) is -0.0539. The molecule has 0 saturated heterocycles. The van der Waals surface area contributed by atoms with Gasteiger partial charge in [0.1, 0.15) is 6.10 Å². The minimum Gasteiger partial charge on any atom is -0.372 e. The third-order valence-electron chi connectivity index (χ3n) is 2.55. The van der Waals surface area contributed by atoms with Gasteiger partial charge in [-0.15, -0.1) is 0 Å². The number of hydrogen-bond donors (Lipinski definition) is 1. The molecule has 17 heavy (non-hydrogen) atoms. The van der Waals surface area contributed by atoms with Gasteiger partial charge in [-0.05, 0) is 37.5 Å². The average molecular weight is 300 g/mol. The molecule has 1 amide bonds. The number of rotatable bonds is 6. The van der Waals surface area contributed by atoms with Gasteiger partial charge in [-0.2, -0.15) is 0 Å². The smallest absolute Gasteiger partial charge is 0.248 e. The van der Waals surface area contributed by atoms with Crippen molar-refractivity contribution in [3.8, 4) is 0 Å². The molecule has 3 nitrogen and oxygen atoms in total. The van der Waals surface area contributed by atoms with Crippen LogP contribution in [0.2, 0.25) is 0 Å². The van der Waals surface area contributed by atoms with Crippen molar-refractivity contribution in [1.82, 2.24) is 5.32 Å². The molecule has 0 aliphatic carbocycles. The predicted octanol–water partition coefficient (Wildman–Crippen LogP) is 2.53. The zero-order valence-corrected chi connectivity index (χ0v) is 11.8. The van der Waals surface area contributed by atoms with Crippen molar-refractivity contribution in [3.63, 3.8) is 0 Å². The van der Waals surface area contributed by atoms with Crippen LogP contribution in [0.25, 0.3) is 0 Å². The van der Waals surface area contributed by atoms with E-state index in [1.807, 2.05) is 12.1 Å². The second-order valence-electron chi connectivity index (χ2n) is 3.90. The third kappa shape index (κ3) is 5.33. The normalized spacial score (nSPS) is 12.2. The molecule has 1 aromatic carbocycles. The molecule has 1 atom stereocenters. The fourth-order valence-electron chi connectivity index (χ4n) is 1.45. The van der Waals surface area contributed by atoms with Gasteiger partial charge < -0.3 is 10.1 Å². The van der Waals surface area contributed by atoms with Crippen LogP contribution in [-0.4, -0.2) is 25.7 Å². The van der Waals surface area contributed by atoms with Crippen LogP contribution in [0, 0.1) is 0 Å². The lowest BCUT2D eigenvalue weighted by molar-refractivity contribution is -0.130. The van der Waals surface area contributed by atoms with Gasteiger partial charge in [-0.3, -0.25) is 4.79 Å². The Bertz CT molecular complexity index is 368. The van der Waals surface area contributed by atoms with E-state index in [1.165, 1.54) is 12.7 Å². The number of halogens is 1. The largest absolute Gasteiger partial charge is 0.372 e. The van der Waals surface area contributed by atoms with Gasteiger partial charge in [0, 0.05) is 18.1 Å². The van der Waals surface area contributed by atoms with E-state index in [-0.39, 0.29) is 12.0 Å². The molecule has 0 aliphatic rings. The summed E-state index contributed by atoms with van der Waals surface area (Å²) in [5.41, 5.74) is 1.27. The fraction of sp³-hybridized carbons (Fsp3) is 0.462. The van der Waals surface area contributed by atoms with Crippen molar-refractivity contribution in [2.45, 2.75) is 25.9 Å². The zero-order chi connectivity index (χ0) is 12.7. The quantitative estimate of drug-likeness (QED) is 0.820. The SMILES string of the molecule is COC(C)C(=O)NCCCc1cccc(Br)c1. The summed E-state index contributed by atoms with van der Waals surface area (Å²) in [6, 6.07) is 8.21. The summed E-state index contributed by atoms with van der Waals surface area (Å²) < 4.78 is 6.01. The minimum atomic E-state index is -0.374. The molecule has 0 fully saturated rings. The van der Waals surface area contributed by atoms with Gasteiger partial charge in [0.2, 0.25) is 5.91 Å². The summed E-state index contributed by atoms with van der Waals surface area (Å²) in [4.78, 5) is 11.4. The van der Waals surface area contributed by atoms with Crippen molar-refractivity contribution in [2.24, 2.45) is 0 Å². The third-order valence-corrected chi connectivity index (χ3v) is 3.05. The summed E-state index contributed by atoms with van der Waals surface area (Å²) >= 11 is 3.44. The molecule has 0 radical (unpaired) electrons. The van der Waals surface area contributed by atoms with E-state index in [9.17, 15) is 4.79 Å². The molecule has 0 bridgehead atoms. The van der Waals surface area contributed by atoms with Crippen molar-refractivity contribution in [1.29, 1.82) is 0 Å². The first-order valence-corrected chi connectivity index (χ1v) is 6.47. The highest BCUT2D eigenvalue weighted by atomic mass is 79.9. The minimum absolute atomic E-state index is 0.0539. The van der Waals surface area contributed by atoms with Gasteiger partial charge in [0.15, 0.2) is 0 Å². The van der Waals surface area contributed by atoms with E-state index in [4.69, 9.17) is 4.74 Å². The standard InChI is InChI=1S/C13H18BrNO2/c1-10(17-2)13(16)15-8-4-6-11-5-3-7-12(14)9-11/h3,5,7,9-10H,4,6,8H2,1-2H3,(H,15,16). The number of ether oxygens (including phenoxy) is 1. The van der Waals surface area contributed by atoms with Gasteiger partial charge in [-0.1, -0.05) is 28.1 Å². The Kier molecular flexibility index (Phi) is 6.22. The van der Waals surface area contributed by atoms with E-state index >= 15 is 0 Å². The molecule has 0 aromatic heterocycles. The first-order valence-electron chi connectivity index (χ1n) is 5.68. The Hall–Kier alpha value is -0.870. The summed E-state index contributed by atoms with van der Waals surface area (Å²) in [7, 11) is 1.53. The number of amides is 1. The van der Waals surface area contributed by atoms with Crippen molar-refractivity contribution < 1.29 is 9.53 Å². The number of carbonyl (C=O) groups is 1. The summed E-state index contributed by atoms with van der Waals surface area (Å²) in [6.45, 7) is 2.42. The number of hydrogen-bond acceptors (Lipinski definition) is 2. The molecular formula is C13H18BrNO2. The van der Waals surface area contributed by atoms with Gasteiger partial charge in [0.25, 0.3) is 0 Å². The van der Waals surface area contributed by atoms with Gasteiger partial charge in [0.05, 0.1) is 0 Å². The van der Waals surface area contributed by atoms with E-state index in [0.29, 0.717) is 6.54 Å². The monoisotopic (exact) mass is 299 g/mol. The summed E-state index contributed by atoms with van der Waals surface area (Å²) in [6.07, 6.45) is 1.51. The number of carbonyl (C=O) groups excluding carboxylic acids is 1. The molecule has 4 heteroatoms. The second kappa shape index (κ2) is 7.45. The maximum atomic E-state index is 11.4. The van der Waals surface area contributed by atoms with Gasteiger partial charge >= 0.3 is 0 Å². The molecule has 0 spiro atoms. The van der Waals surface area contributed by atoms with Crippen LogP contribution in [-0.2, 0) is 16.0 Å². The molecule has 1 rings (SSSR count). The lowest BCUT2D eigenvalue weighted by Crippen LogP contribution is -2.34. The molecule has 1 unspecified atom stereocenters. The topological polar surface area (TPSA) is 38.3 Å². The maximum absolute atomic E-state index is 11.4. The Labute approximate surface area is 111 Å². The van der Waals surface area contributed by atoms with Crippen LogP contribution in [0.3, 0.4) is 0 Å². The van der Waals surface area contributed by atoms with Crippen molar-refractivity contribution in [3.05, 3.63) is 34.3 Å². The fourth-order valence-corrected chi connectivity index (χ4v) is 1.89. The molecule has 0 aliphatic heterocycles. The number of aryl methyl sites for hydroxylation is 1. The number of benzene rings is 1. The first kappa shape index (κ1) is 14.2.